The molecule has 1 aromatic rings. The SMILES string of the molecule is C[C@H]1CCCCN1C(=O)CN1C(=O)N[C@]2(CCCc3sccc32)C1=O. The average molecular weight is 361 g/mol. The van der Waals surface area contributed by atoms with Crippen LogP contribution in [-0.2, 0) is 21.5 Å². The lowest BCUT2D eigenvalue weighted by Crippen LogP contribution is -2.49. The van der Waals surface area contributed by atoms with Gasteiger partial charge in [-0.25, -0.2) is 4.79 Å². The van der Waals surface area contributed by atoms with Crippen LogP contribution in [0.1, 0.15) is 49.5 Å². The van der Waals surface area contributed by atoms with Gasteiger partial charge in [-0.1, -0.05) is 0 Å². The Labute approximate surface area is 151 Å². The molecule has 4 rings (SSSR count). The molecule has 0 bridgehead atoms. The number of hydrogen-bond donors (Lipinski definition) is 1. The van der Waals surface area contributed by atoms with Crippen molar-refractivity contribution in [2.75, 3.05) is 13.1 Å². The molecule has 4 amide bonds. The van der Waals surface area contributed by atoms with E-state index < -0.39 is 11.6 Å². The number of nitrogens with zero attached hydrogens (tertiary/aromatic N) is 2. The second kappa shape index (κ2) is 6.12. The van der Waals surface area contributed by atoms with Gasteiger partial charge in [0, 0.05) is 23.0 Å². The van der Waals surface area contributed by atoms with Crippen molar-refractivity contribution in [3.05, 3.63) is 21.9 Å². The molecule has 2 saturated heterocycles. The number of hydrogen-bond acceptors (Lipinski definition) is 4. The predicted octanol–water partition coefficient (Wildman–Crippen LogP) is 2.23. The van der Waals surface area contributed by atoms with E-state index in [1.54, 1.807) is 11.3 Å². The number of urea groups is 1. The fourth-order valence-corrected chi connectivity index (χ4v) is 5.38. The Morgan fingerprint density at radius 1 is 1.36 bits per heavy atom. The summed E-state index contributed by atoms with van der Waals surface area (Å²) in [5.41, 5.74) is -0.0401. The summed E-state index contributed by atoms with van der Waals surface area (Å²) < 4.78 is 0. The van der Waals surface area contributed by atoms with Crippen LogP contribution in [-0.4, -0.2) is 46.8 Å². The topological polar surface area (TPSA) is 69.7 Å². The number of aryl methyl sites for hydroxylation is 1. The minimum atomic E-state index is -0.960. The summed E-state index contributed by atoms with van der Waals surface area (Å²) >= 11 is 1.63. The van der Waals surface area contributed by atoms with E-state index in [1.165, 1.54) is 0 Å². The Morgan fingerprint density at radius 3 is 3.00 bits per heavy atom. The van der Waals surface area contributed by atoms with E-state index in [0.29, 0.717) is 13.0 Å². The quantitative estimate of drug-likeness (QED) is 0.821. The molecule has 1 aliphatic carbocycles. The van der Waals surface area contributed by atoms with Crippen LogP contribution in [0.4, 0.5) is 4.79 Å². The highest BCUT2D eigenvalue weighted by Gasteiger charge is 2.54. The Balaban J connectivity index is 1.56. The highest BCUT2D eigenvalue weighted by molar-refractivity contribution is 7.10. The summed E-state index contributed by atoms with van der Waals surface area (Å²) in [6, 6.07) is 1.67. The Hall–Kier alpha value is -1.89. The fourth-order valence-electron chi connectivity index (χ4n) is 4.38. The molecule has 25 heavy (non-hydrogen) atoms. The van der Waals surface area contributed by atoms with Gasteiger partial charge in [-0.3, -0.25) is 14.5 Å². The molecule has 2 atom stereocenters. The van der Waals surface area contributed by atoms with Crippen molar-refractivity contribution >= 4 is 29.2 Å². The van der Waals surface area contributed by atoms with Crippen LogP contribution in [0.15, 0.2) is 11.4 Å². The first-order valence-electron chi connectivity index (χ1n) is 9.03. The summed E-state index contributed by atoms with van der Waals surface area (Å²) in [4.78, 5) is 42.4. The molecule has 0 unspecified atom stereocenters. The van der Waals surface area contributed by atoms with Crippen LogP contribution in [0.2, 0.25) is 0 Å². The van der Waals surface area contributed by atoms with Crippen molar-refractivity contribution in [3.63, 3.8) is 0 Å². The van der Waals surface area contributed by atoms with Crippen molar-refractivity contribution in [2.45, 2.75) is 57.0 Å². The molecule has 1 aromatic heterocycles. The number of amides is 4. The van der Waals surface area contributed by atoms with Crippen molar-refractivity contribution in [3.8, 4) is 0 Å². The highest BCUT2D eigenvalue weighted by atomic mass is 32.1. The van der Waals surface area contributed by atoms with Gasteiger partial charge in [0.25, 0.3) is 5.91 Å². The largest absolute Gasteiger partial charge is 0.338 e. The maximum Gasteiger partial charge on any atom is 0.325 e. The molecular weight excluding hydrogens is 338 g/mol. The van der Waals surface area contributed by atoms with Crippen molar-refractivity contribution < 1.29 is 14.4 Å². The Kier molecular flexibility index (Phi) is 4.06. The molecule has 6 nitrogen and oxygen atoms in total. The number of carbonyl (C=O) groups is 3. The third kappa shape index (κ3) is 2.56. The van der Waals surface area contributed by atoms with Crippen LogP contribution in [0.3, 0.4) is 0 Å². The van der Waals surface area contributed by atoms with Gasteiger partial charge in [-0.15, -0.1) is 11.3 Å². The monoisotopic (exact) mass is 361 g/mol. The second-order valence-corrected chi connectivity index (χ2v) is 8.27. The van der Waals surface area contributed by atoms with Crippen molar-refractivity contribution in [2.24, 2.45) is 0 Å². The van der Waals surface area contributed by atoms with Crippen LogP contribution >= 0.6 is 11.3 Å². The third-order valence-corrected chi connectivity index (χ3v) is 6.73. The van der Waals surface area contributed by atoms with E-state index in [4.69, 9.17) is 0 Å². The normalized spacial score (nSPS) is 29.1. The maximum atomic E-state index is 13.1. The molecule has 134 valence electrons. The average Bonchev–Trinajstić information content (AvgIpc) is 3.16. The highest BCUT2D eigenvalue weighted by Crippen LogP contribution is 2.42. The first-order valence-corrected chi connectivity index (χ1v) is 9.91. The number of carbonyl (C=O) groups excluding carboxylic acids is 3. The molecule has 2 fully saturated rings. The summed E-state index contributed by atoms with van der Waals surface area (Å²) in [6.45, 7) is 2.59. The van der Waals surface area contributed by atoms with E-state index in [0.717, 1.165) is 47.4 Å². The van der Waals surface area contributed by atoms with Gasteiger partial charge in [0.05, 0.1) is 0 Å². The maximum absolute atomic E-state index is 13.1. The van der Waals surface area contributed by atoms with Gasteiger partial charge >= 0.3 is 6.03 Å². The zero-order valence-electron chi connectivity index (χ0n) is 14.4. The molecule has 0 saturated carbocycles. The first-order chi connectivity index (χ1) is 12.0. The summed E-state index contributed by atoms with van der Waals surface area (Å²) in [5.74, 6) is -0.399. The number of thiophene rings is 1. The Morgan fingerprint density at radius 2 is 2.20 bits per heavy atom. The Bertz CT molecular complexity index is 731. The summed E-state index contributed by atoms with van der Waals surface area (Å²) in [5, 5.41) is 4.88. The number of fused-ring (bicyclic) bond motifs is 2. The van der Waals surface area contributed by atoms with Crippen LogP contribution in [0.25, 0.3) is 0 Å². The number of rotatable bonds is 2. The molecule has 7 heteroatoms. The molecule has 1 N–H and O–H groups in total. The second-order valence-electron chi connectivity index (χ2n) is 7.27. The standard InChI is InChI=1S/C18H23N3O3S/c1-12-5-2-3-9-20(12)15(22)11-21-16(23)18(19-17(21)24)8-4-6-14-13(18)7-10-25-14/h7,10,12H,2-6,8-9,11H2,1H3,(H,19,24)/t12-,18-/m0/s1. The fraction of sp³-hybridized carbons (Fsp3) is 0.611. The van der Waals surface area contributed by atoms with E-state index in [-0.39, 0.29) is 24.4 Å². The van der Waals surface area contributed by atoms with Crippen molar-refractivity contribution in [1.29, 1.82) is 0 Å². The van der Waals surface area contributed by atoms with Crippen LogP contribution < -0.4 is 5.32 Å². The zero-order chi connectivity index (χ0) is 17.6. The van der Waals surface area contributed by atoms with Gasteiger partial charge in [0.15, 0.2) is 0 Å². The van der Waals surface area contributed by atoms with Gasteiger partial charge in [0.2, 0.25) is 5.91 Å². The number of nitrogens with one attached hydrogen (secondary N) is 1. The molecule has 0 radical (unpaired) electrons. The van der Waals surface area contributed by atoms with E-state index >= 15 is 0 Å². The third-order valence-electron chi connectivity index (χ3n) is 5.75. The minimum absolute atomic E-state index is 0.130. The number of piperidine rings is 1. The van der Waals surface area contributed by atoms with Crippen LogP contribution in [0, 0.1) is 0 Å². The molecule has 3 heterocycles. The molecular formula is C18H23N3O3S. The molecule has 3 aliphatic rings. The van der Waals surface area contributed by atoms with Crippen LogP contribution in [0.5, 0.6) is 0 Å². The van der Waals surface area contributed by atoms with E-state index in [2.05, 4.69) is 5.32 Å². The zero-order valence-corrected chi connectivity index (χ0v) is 15.2. The predicted molar refractivity (Wildman–Crippen MR) is 94.2 cm³/mol. The molecule has 1 spiro atoms. The van der Waals surface area contributed by atoms with Gasteiger partial charge in [0.1, 0.15) is 12.1 Å². The lowest BCUT2D eigenvalue weighted by atomic mass is 9.80. The van der Waals surface area contributed by atoms with Gasteiger partial charge < -0.3 is 10.2 Å². The van der Waals surface area contributed by atoms with Crippen molar-refractivity contribution in [1.82, 2.24) is 15.1 Å². The van der Waals surface area contributed by atoms with Gasteiger partial charge in [-0.2, -0.15) is 0 Å². The smallest absolute Gasteiger partial charge is 0.325 e. The number of likely N-dealkylation sites (tertiary alicyclic amines) is 1. The minimum Gasteiger partial charge on any atom is -0.338 e. The van der Waals surface area contributed by atoms with E-state index in [1.807, 2.05) is 23.3 Å². The number of imide groups is 1. The van der Waals surface area contributed by atoms with E-state index in [9.17, 15) is 14.4 Å². The lowest BCUT2D eigenvalue weighted by Gasteiger charge is -2.34. The first kappa shape index (κ1) is 16.6. The lowest BCUT2D eigenvalue weighted by molar-refractivity contribution is -0.141. The summed E-state index contributed by atoms with van der Waals surface area (Å²) in [6.07, 6.45) is 5.50. The molecule has 0 aromatic carbocycles. The summed E-state index contributed by atoms with van der Waals surface area (Å²) in [7, 11) is 0. The molecule has 2 aliphatic heterocycles. The van der Waals surface area contributed by atoms with Gasteiger partial charge in [-0.05, 0) is 56.9 Å².